The van der Waals surface area contributed by atoms with E-state index in [0.29, 0.717) is 0 Å². The number of hydrogen-bond acceptors (Lipinski definition) is 2. The van der Waals surface area contributed by atoms with Gasteiger partial charge in [0, 0.05) is 12.6 Å². The smallest absolute Gasteiger partial charge is 0.0613 e. The van der Waals surface area contributed by atoms with E-state index in [9.17, 15) is 0 Å². The second-order valence-corrected chi connectivity index (χ2v) is 6.27. The van der Waals surface area contributed by atoms with E-state index in [1.807, 2.05) is 18.3 Å². The lowest BCUT2D eigenvalue weighted by Gasteiger charge is -2.15. The first-order chi connectivity index (χ1) is 12.3. The van der Waals surface area contributed by atoms with E-state index in [1.54, 1.807) is 0 Å². The van der Waals surface area contributed by atoms with E-state index >= 15 is 0 Å². The summed E-state index contributed by atoms with van der Waals surface area (Å²) in [5.74, 6) is 0. The fourth-order valence-corrected chi connectivity index (χ4v) is 3.24. The topological polar surface area (TPSA) is 15.6 Å². The van der Waals surface area contributed by atoms with Crippen molar-refractivity contribution in [1.82, 2.24) is 5.01 Å². The van der Waals surface area contributed by atoms with Crippen LogP contribution in [0, 0.1) is 0 Å². The van der Waals surface area contributed by atoms with Crippen LogP contribution < -0.4 is 0 Å². The van der Waals surface area contributed by atoms with Gasteiger partial charge in [0.05, 0.1) is 12.8 Å². The Kier molecular flexibility index (Phi) is 4.17. The molecule has 0 N–H and O–H groups in total. The molecule has 0 radical (unpaired) electrons. The zero-order chi connectivity index (χ0) is 17.1. The fourth-order valence-electron chi connectivity index (χ4n) is 3.24. The van der Waals surface area contributed by atoms with E-state index < -0.39 is 0 Å². The minimum atomic E-state index is 0.780. The number of hydrogen-bond donors (Lipinski definition) is 0. The van der Waals surface area contributed by atoms with Crippen molar-refractivity contribution in [3.63, 3.8) is 0 Å². The maximum atomic E-state index is 4.65. The highest BCUT2D eigenvalue weighted by molar-refractivity contribution is 5.99. The molecule has 0 aliphatic carbocycles. The first-order valence-electron chi connectivity index (χ1n) is 8.51. The van der Waals surface area contributed by atoms with Crippen LogP contribution in [0.15, 0.2) is 90.0 Å². The minimum absolute atomic E-state index is 0.780. The minimum Gasteiger partial charge on any atom is -0.296 e. The third kappa shape index (κ3) is 3.24. The van der Waals surface area contributed by atoms with Crippen LogP contribution in [0.1, 0.15) is 11.1 Å². The van der Waals surface area contributed by atoms with Crippen molar-refractivity contribution < 1.29 is 0 Å². The second kappa shape index (κ2) is 6.78. The van der Waals surface area contributed by atoms with E-state index in [0.717, 1.165) is 12.1 Å². The summed E-state index contributed by atoms with van der Waals surface area (Å²) in [6.45, 7) is 0.780. The van der Waals surface area contributed by atoms with E-state index in [2.05, 4.69) is 90.0 Å². The van der Waals surface area contributed by atoms with Gasteiger partial charge in [0.25, 0.3) is 0 Å². The Morgan fingerprint density at radius 1 is 0.720 bits per heavy atom. The molecule has 0 fully saturated rings. The number of fused-ring (bicyclic) bond motifs is 2. The van der Waals surface area contributed by atoms with Crippen LogP contribution >= 0.6 is 0 Å². The molecule has 4 aromatic rings. The molecule has 0 atom stereocenters. The highest BCUT2D eigenvalue weighted by atomic mass is 15.4. The van der Waals surface area contributed by atoms with Gasteiger partial charge < -0.3 is 0 Å². The first kappa shape index (κ1) is 15.4. The van der Waals surface area contributed by atoms with Crippen LogP contribution in [0.2, 0.25) is 0 Å². The molecule has 0 saturated carbocycles. The second-order valence-electron chi connectivity index (χ2n) is 6.27. The third-order valence-corrected chi connectivity index (χ3v) is 4.50. The van der Waals surface area contributed by atoms with E-state index in [4.69, 9.17) is 0 Å². The Morgan fingerprint density at radius 3 is 2.12 bits per heavy atom. The largest absolute Gasteiger partial charge is 0.296 e. The van der Waals surface area contributed by atoms with Crippen molar-refractivity contribution in [1.29, 1.82) is 0 Å². The Labute approximate surface area is 148 Å². The quantitative estimate of drug-likeness (QED) is 0.359. The van der Waals surface area contributed by atoms with Gasteiger partial charge in [0.15, 0.2) is 0 Å². The van der Waals surface area contributed by atoms with Gasteiger partial charge in [-0.25, -0.2) is 0 Å². The van der Waals surface area contributed by atoms with Crippen molar-refractivity contribution in [2.24, 2.45) is 5.10 Å². The van der Waals surface area contributed by atoms with Gasteiger partial charge in [-0.15, -0.1) is 0 Å². The predicted octanol–water partition coefficient (Wildman–Crippen LogP) is 5.46. The summed E-state index contributed by atoms with van der Waals surface area (Å²) in [5, 5.41) is 11.7. The maximum absolute atomic E-state index is 4.65. The van der Waals surface area contributed by atoms with Crippen molar-refractivity contribution in [3.05, 3.63) is 96.1 Å². The summed E-state index contributed by atoms with van der Waals surface area (Å²) in [4.78, 5) is 0. The summed E-state index contributed by atoms with van der Waals surface area (Å²) in [6, 6.07) is 29.6. The lowest BCUT2D eigenvalue weighted by Crippen LogP contribution is -2.11. The molecule has 0 bridgehead atoms. The third-order valence-electron chi connectivity index (χ3n) is 4.50. The molecule has 0 heterocycles. The molecular formula is C23H20N2. The van der Waals surface area contributed by atoms with Crippen molar-refractivity contribution in [2.75, 3.05) is 7.05 Å². The average molecular weight is 324 g/mol. The van der Waals surface area contributed by atoms with Crippen LogP contribution in [0.3, 0.4) is 0 Å². The molecular weight excluding hydrogens is 304 g/mol. The maximum Gasteiger partial charge on any atom is 0.0613 e. The van der Waals surface area contributed by atoms with Crippen LogP contribution in [0.4, 0.5) is 0 Å². The molecule has 4 aromatic carbocycles. The Bertz CT molecular complexity index is 1040. The van der Waals surface area contributed by atoms with Gasteiger partial charge in [-0.05, 0) is 27.1 Å². The first-order valence-corrected chi connectivity index (χ1v) is 8.51. The fraction of sp³-hybridized carbons (Fsp3) is 0.0870. The Balaban J connectivity index is 1.59. The average Bonchev–Trinajstić information content (AvgIpc) is 2.66. The summed E-state index contributed by atoms with van der Waals surface area (Å²) in [6.07, 6.45) is 1.95. The number of nitrogens with zero attached hydrogens (tertiary/aromatic N) is 2. The van der Waals surface area contributed by atoms with Crippen molar-refractivity contribution in [3.8, 4) is 0 Å². The molecule has 25 heavy (non-hydrogen) atoms. The number of hydrazone groups is 1. The summed E-state index contributed by atoms with van der Waals surface area (Å²) >= 11 is 0. The van der Waals surface area contributed by atoms with Gasteiger partial charge in [0.1, 0.15) is 0 Å². The molecule has 0 amide bonds. The standard InChI is InChI=1S/C23H20N2/c1-25(17-21-13-7-11-19-9-3-5-15-23(19)21)24-16-20-12-6-10-18-8-2-4-14-22(18)20/h2-16H,17H2,1H3/b24-16+. The summed E-state index contributed by atoms with van der Waals surface area (Å²) < 4.78 is 0. The predicted molar refractivity (Wildman–Crippen MR) is 107 cm³/mol. The van der Waals surface area contributed by atoms with Gasteiger partial charge >= 0.3 is 0 Å². The highest BCUT2D eigenvalue weighted by Crippen LogP contribution is 2.20. The van der Waals surface area contributed by atoms with Crippen molar-refractivity contribution in [2.45, 2.75) is 6.54 Å². The Morgan fingerprint density at radius 2 is 1.32 bits per heavy atom. The normalized spacial score (nSPS) is 11.4. The molecule has 0 aromatic heterocycles. The van der Waals surface area contributed by atoms with E-state index in [1.165, 1.54) is 27.1 Å². The lowest BCUT2D eigenvalue weighted by atomic mass is 10.0. The van der Waals surface area contributed by atoms with Crippen molar-refractivity contribution >= 4 is 27.8 Å². The molecule has 122 valence electrons. The molecule has 0 unspecified atom stereocenters. The zero-order valence-electron chi connectivity index (χ0n) is 14.3. The van der Waals surface area contributed by atoms with Gasteiger partial charge in [0.2, 0.25) is 0 Å². The molecule has 2 nitrogen and oxygen atoms in total. The molecule has 0 aliphatic heterocycles. The lowest BCUT2D eigenvalue weighted by molar-refractivity contribution is 0.350. The number of rotatable bonds is 4. The summed E-state index contributed by atoms with van der Waals surface area (Å²) in [5.41, 5.74) is 2.43. The molecule has 0 saturated heterocycles. The SMILES string of the molecule is CN(Cc1cccc2ccccc12)/N=C/c1cccc2ccccc12. The molecule has 0 aliphatic rings. The molecule has 4 rings (SSSR count). The monoisotopic (exact) mass is 324 g/mol. The molecule has 2 heteroatoms. The van der Waals surface area contributed by atoms with Crippen LogP contribution in [-0.2, 0) is 6.54 Å². The van der Waals surface area contributed by atoms with Crippen LogP contribution in [0.5, 0.6) is 0 Å². The van der Waals surface area contributed by atoms with Crippen LogP contribution in [-0.4, -0.2) is 18.3 Å². The number of benzene rings is 4. The van der Waals surface area contributed by atoms with E-state index in [-0.39, 0.29) is 0 Å². The van der Waals surface area contributed by atoms with Crippen LogP contribution in [0.25, 0.3) is 21.5 Å². The van der Waals surface area contributed by atoms with Gasteiger partial charge in [-0.3, -0.25) is 5.01 Å². The molecule has 0 spiro atoms. The zero-order valence-corrected chi connectivity index (χ0v) is 14.3. The van der Waals surface area contributed by atoms with Gasteiger partial charge in [-0.1, -0.05) is 84.9 Å². The Hall–Kier alpha value is -3.13. The highest BCUT2D eigenvalue weighted by Gasteiger charge is 2.03. The van der Waals surface area contributed by atoms with Gasteiger partial charge in [-0.2, -0.15) is 5.10 Å². The summed E-state index contributed by atoms with van der Waals surface area (Å²) in [7, 11) is 2.02.